The van der Waals surface area contributed by atoms with E-state index in [-0.39, 0.29) is 24.9 Å². The minimum Gasteiger partial charge on any atom is -0.481 e. The molecule has 0 amide bonds. The Kier molecular flexibility index (Phi) is 8.04. The van der Waals surface area contributed by atoms with Crippen LogP contribution in [0.1, 0.15) is 30.9 Å². The van der Waals surface area contributed by atoms with E-state index in [0.29, 0.717) is 6.61 Å². The standard InChI is InChI=1S/C15H20ClNO3.ClH/c16-13-6-2-1-5-12(13)14-11-17(9-10-20-14)8-4-3-7-15(18)19;/h1-2,5-6,14H,3-4,7-11H2,(H,18,19);1H. The molecule has 4 nitrogen and oxygen atoms in total. The van der Waals surface area contributed by atoms with Crippen LogP contribution in [0.2, 0.25) is 5.02 Å². The second-order valence-electron chi connectivity index (χ2n) is 5.03. The van der Waals surface area contributed by atoms with Gasteiger partial charge in [-0.15, -0.1) is 12.4 Å². The zero-order valence-electron chi connectivity index (χ0n) is 11.8. The predicted octanol–water partition coefficient (Wildman–Crippen LogP) is 3.39. The van der Waals surface area contributed by atoms with E-state index in [1.807, 2.05) is 24.3 Å². The molecule has 0 bridgehead atoms. The Morgan fingerprint density at radius 3 is 2.86 bits per heavy atom. The lowest BCUT2D eigenvalue weighted by Gasteiger charge is -2.33. The molecule has 1 fully saturated rings. The molecule has 1 atom stereocenters. The molecule has 0 saturated carbocycles. The average Bonchev–Trinajstić information content (AvgIpc) is 2.44. The highest BCUT2D eigenvalue weighted by molar-refractivity contribution is 6.31. The van der Waals surface area contributed by atoms with Crippen LogP contribution in [0.15, 0.2) is 24.3 Å². The topological polar surface area (TPSA) is 49.8 Å². The molecule has 1 aromatic carbocycles. The largest absolute Gasteiger partial charge is 0.481 e. The fourth-order valence-electron chi connectivity index (χ4n) is 2.44. The zero-order chi connectivity index (χ0) is 14.4. The van der Waals surface area contributed by atoms with Gasteiger partial charge in [0, 0.05) is 30.1 Å². The minimum atomic E-state index is -0.721. The number of unbranched alkanes of at least 4 members (excludes halogenated alkanes) is 1. The van der Waals surface area contributed by atoms with Gasteiger partial charge in [-0.05, 0) is 25.5 Å². The molecule has 1 N–H and O–H groups in total. The van der Waals surface area contributed by atoms with Crippen molar-refractivity contribution in [2.75, 3.05) is 26.2 Å². The molecule has 0 aromatic heterocycles. The zero-order valence-corrected chi connectivity index (χ0v) is 13.4. The first-order valence-corrected chi connectivity index (χ1v) is 7.35. The predicted molar refractivity (Wildman–Crippen MR) is 85.3 cm³/mol. The highest BCUT2D eigenvalue weighted by Gasteiger charge is 2.23. The highest BCUT2D eigenvalue weighted by Crippen LogP contribution is 2.28. The van der Waals surface area contributed by atoms with Crippen LogP contribution in [0, 0.1) is 0 Å². The van der Waals surface area contributed by atoms with E-state index in [1.165, 1.54) is 0 Å². The first-order chi connectivity index (χ1) is 9.66. The summed E-state index contributed by atoms with van der Waals surface area (Å²) < 4.78 is 5.80. The van der Waals surface area contributed by atoms with E-state index in [2.05, 4.69) is 4.90 Å². The van der Waals surface area contributed by atoms with E-state index in [1.54, 1.807) is 0 Å². The molecule has 0 spiro atoms. The second kappa shape index (κ2) is 9.26. The summed E-state index contributed by atoms with van der Waals surface area (Å²) in [7, 11) is 0. The van der Waals surface area contributed by atoms with E-state index in [9.17, 15) is 4.79 Å². The molecular formula is C15H21Cl2NO3. The van der Waals surface area contributed by atoms with Crippen LogP contribution >= 0.6 is 24.0 Å². The van der Waals surface area contributed by atoms with Crippen LogP contribution < -0.4 is 0 Å². The number of halogens is 2. The molecule has 6 heteroatoms. The Morgan fingerprint density at radius 1 is 1.38 bits per heavy atom. The summed E-state index contributed by atoms with van der Waals surface area (Å²) in [6.45, 7) is 3.32. The van der Waals surface area contributed by atoms with Crippen molar-refractivity contribution in [3.63, 3.8) is 0 Å². The number of benzene rings is 1. The quantitative estimate of drug-likeness (QED) is 0.810. The smallest absolute Gasteiger partial charge is 0.303 e. The van der Waals surface area contributed by atoms with Crippen LogP contribution in [0.4, 0.5) is 0 Å². The number of carbonyl (C=O) groups is 1. The average molecular weight is 334 g/mol. The van der Waals surface area contributed by atoms with Gasteiger partial charge >= 0.3 is 5.97 Å². The van der Waals surface area contributed by atoms with Crippen molar-refractivity contribution >= 4 is 30.0 Å². The van der Waals surface area contributed by atoms with E-state index < -0.39 is 5.97 Å². The maximum Gasteiger partial charge on any atom is 0.303 e. The molecule has 0 aliphatic carbocycles. The normalized spacial score (nSPS) is 19.0. The number of morpholine rings is 1. The van der Waals surface area contributed by atoms with Gasteiger partial charge < -0.3 is 9.84 Å². The van der Waals surface area contributed by atoms with E-state index in [0.717, 1.165) is 43.1 Å². The molecule has 1 unspecified atom stereocenters. The summed E-state index contributed by atoms with van der Waals surface area (Å²) in [6, 6.07) is 7.77. The molecule has 1 heterocycles. The van der Waals surface area contributed by atoms with Crippen LogP contribution in [0.25, 0.3) is 0 Å². The molecule has 1 saturated heterocycles. The van der Waals surface area contributed by atoms with E-state index in [4.69, 9.17) is 21.4 Å². The molecule has 118 valence electrons. The summed E-state index contributed by atoms with van der Waals surface area (Å²) >= 11 is 6.20. The lowest BCUT2D eigenvalue weighted by Crippen LogP contribution is -2.38. The third-order valence-electron chi connectivity index (χ3n) is 3.52. The summed E-state index contributed by atoms with van der Waals surface area (Å²) in [4.78, 5) is 12.8. The van der Waals surface area contributed by atoms with Crippen molar-refractivity contribution in [1.82, 2.24) is 4.90 Å². The summed E-state index contributed by atoms with van der Waals surface area (Å²) in [5.74, 6) is -0.721. The van der Waals surface area contributed by atoms with Gasteiger partial charge in [0.1, 0.15) is 0 Å². The van der Waals surface area contributed by atoms with Gasteiger partial charge in [0.25, 0.3) is 0 Å². The Bertz CT molecular complexity index is 456. The van der Waals surface area contributed by atoms with Crippen molar-refractivity contribution in [3.05, 3.63) is 34.9 Å². The van der Waals surface area contributed by atoms with Crippen molar-refractivity contribution in [3.8, 4) is 0 Å². The van der Waals surface area contributed by atoms with Crippen molar-refractivity contribution in [2.24, 2.45) is 0 Å². The lowest BCUT2D eigenvalue weighted by atomic mass is 10.1. The highest BCUT2D eigenvalue weighted by atomic mass is 35.5. The van der Waals surface area contributed by atoms with Gasteiger partial charge in [-0.3, -0.25) is 9.69 Å². The molecular weight excluding hydrogens is 313 g/mol. The Hall–Kier alpha value is -0.810. The van der Waals surface area contributed by atoms with Crippen LogP contribution in [-0.2, 0) is 9.53 Å². The molecule has 1 aliphatic heterocycles. The number of hydrogen-bond acceptors (Lipinski definition) is 3. The van der Waals surface area contributed by atoms with Gasteiger partial charge in [-0.2, -0.15) is 0 Å². The first kappa shape index (κ1) is 18.2. The number of rotatable bonds is 6. The van der Waals surface area contributed by atoms with Crippen molar-refractivity contribution < 1.29 is 14.6 Å². The molecule has 2 rings (SSSR count). The number of carboxylic acid groups (broad SMARTS) is 1. The van der Waals surface area contributed by atoms with Crippen LogP contribution in [0.3, 0.4) is 0 Å². The van der Waals surface area contributed by atoms with Crippen molar-refractivity contribution in [1.29, 1.82) is 0 Å². The number of nitrogens with zero attached hydrogens (tertiary/aromatic N) is 1. The van der Waals surface area contributed by atoms with E-state index >= 15 is 0 Å². The number of carboxylic acids is 1. The fourth-order valence-corrected chi connectivity index (χ4v) is 2.70. The first-order valence-electron chi connectivity index (χ1n) is 6.97. The number of ether oxygens (including phenoxy) is 1. The van der Waals surface area contributed by atoms with Crippen molar-refractivity contribution in [2.45, 2.75) is 25.4 Å². The molecule has 0 radical (unpaired) electrons. The summed E-state index contributed by atoms with van der Waals surface area (Å²) in [6.07, 6.45) is 1.89. The maximum absolute atomic E-state index is 10.5. The van der Waals surface area contributed by atoms with Crippen LogP contribution in [-0.4, -0.2) is 42.2 Å². The lowest BCUT2D eigenvalue weighted by molar-refractivity contribution is -0.137. The summed E-state index contributed by atoms with van der Waals surface area (Å²) in [5, 5.41) is 9.36. The Labute approximate surface area is 136 Å². The third kappa shape index (κ3) is 5.83. The fraction of sp³-hybridized carbons (Fsp3) is 0.533. The Morgan fingerprint density at radius 2 is 2.14 bits per heavy atom. The van der Waals surface area contributed by atoms with Gasteiger partial charge in [-0.1, -0.05) is 29.8 Å². The molecule has 21 heavy (non-hydrogen) atoms. The second-order valence-corrected chi connectivity index (χ2v) is 5.44. The summed E-state index contributed by atoms with van der Waals surface area (Å²) in [5.41, 5.74) is 1.03. The third-order valence-corrected chi connectivity index (χ3v) is 3.86. The van der Waals surface area contributed by atoms with Gasteiger partial charge in [0.2, 0.25) is 0 Å². The Balaban J connectivity index is 0.00000220. The van der Waals surface area contributed by atoms with Crippen LogP contribution in [0.5, 0.6) is 0 Å². The van der Waals surface area contributed by atoms with Gasteiger partial charge in [0.05, 0.1) is 12.7 Å². The number of hydrogen-bond donors (Lipinski definition) is 1. The SMILES string of the molecule is Cl.O=C(O)CCCCN1CCOC(c2ccccc2Cl)C1. The molecule has 1 aromatic rings. The molecule has 1 aliphatic rings. The minimum absolute atomic E-state index is 0. The van der Waals surface area contributed by atoms with Gasteiger partial charge in [0.15, 0.2) is 0 Å². The monoisotopic (exact) mass is 333 g/mol. The maximum atomic E-state index is 10.5. The van der Waals surface area contributed by atoms with Gasteiger partial charge in [-0.25, -0.2) is 0 Å². The number of aliphatic carboxylic acids is 1.